The number of para-hydroxylation sites is 1. The summed E-state index contributed by atoms with van der Waals surface area (Å²) in [6.45, 7) is 4.44. The Labute approximate surface area is 292 Å². The van der Waals surface area contributed by atoms with E-state index in [0.717, 1.165) is 53.7 Å². The normalized spacial score (nSPS) is 18.3. The zero-order valence-corrected chi connectivity index (χ0v) is 29.3. The van der Waals surface area contributed by atoms with Gasteiger partial charge in [-0.15, -0.1) is 5.10 Å². The molecule has 0 spiro atoms. The topological polar surface area (TPSA) is 136 Å². The molecular weight excluding hydrogens is 641 g/mol. The largest absolute Gasteiger partial charge is 0.453 e. The summed E-state index contributed by atoms with van der Waals surface area (Å²) in [5, 5.41) is 22.6. The van der Waals surface area contributed by atoms with Crippen LogP contribution in [0.25, 0.3) is 0 Å². The van der Waals surface area contributed by atoms with E-state index in [-0.39, 0.29) is 24.2 Å². The minimum atomic E-state index is -0.945. The standard InChI is InChI=1S/C36H46N8O4S/c1-25-31(24-49-35-40-41-42-44(35)22-21-43(2)3)48-29(23-37-25)20-19-26-13-11-12-18-30(26)38-34(45)33(39-36(46)47-4)32(27-14-7-5-8-15-27)28-16-9-6-10-17-28/h5-18,25,29,31-33,37H,19-24H2,1-4H3,(H,38,45)(H,39,46)/t25-,29-,31-,33+/m1/s1. The van der Waals surface area contributed by atoms with Crippen molar-refractivity contribution in [2.24, 2.45) is 0 Å². The van der Waals surface area contributed by atoms with Gasteiger partial charge < -0.3 is 30.3 Å². The molecule has 1 aliphatic heterocycles. The van der Waals surface area contributed by atoms with Gasteiger partial charge in [-0.1, -0.05) is 90.6 Å². The quantitative estimate of drug-likeness (QED) is 0.156. The summed E-state index contributed by atoms with van der Waals surface area (Å²) in [7, 11) is 5.35. The van der Waals surface area contributed by atoms with E-state index in [1.165, 1.54) is 7.11 Å². The first-order chi connectivity index (χ1) is 23.8. The SMILES string of the molecule is COC(=O)N[C@H](C(=O)Nc1ccccc1CC[C@@H]1CN[C@H](C)[C@@H](CSc2nnnn2CCN(C)C)O1)C(c1ccccc1)c1ccccc1. The number of carbonyl (C=O) groups excluding carboxylic acids is 2. The molecule has 13 heteroatoms. The van der Waals surface area contributed by atoms with Crippen LogP contribution in [0.4, 0.5) is 10.5 Å². The molecule has 260 valence electrons. The number of benzene rings is 3. The number of morpholine rings is 1. The number of nitrogens with one attached hydrogen (secondary N) is 3. The number of amides is 2. The number of tetrazole rings is 1. The number of aryl methyl sites for hydroxylation is 1. The number of nitrogens with zero attached hydrogens (tertiary/aromatic N) is 5. The summed E-state index contributed by atoms with van der Waals surface area (Å²) in [6.07, 6.45) is 0.740. The first kappa shape index (κ1) is 36.0. The first-order valence-corrected chi connectivity index (χ1v) is 17.6. The van der Waals surface area contributed by atoms with Crippen molar-refractivity contribution in [3.8, 4) is 0 Å². The lowest BCUT2D eigenvalue weighted by molar-refractivity contribution is -0.118. The van der Waals surface area contributed by atoms with Gasteiger partial charge in [0, 0.05) is 36.5 Å². The maximum absolute atomic E-state index is 14.1. The molecule has 1 saturated heterocycles. The predicted octanol–water partition coefficient (Wildman–Crippen LogP) is 4.20. The van der Waals surface area contributed by atoms with Crippen molar-refractivity contribution in [2.75, 3.05) is 45.4 Å². The zero-order valence-electron chi connectivity index (χ0n) is 28.5. The van der Waals surface area contributed by atoms with E-state index < -0.39 is 18.1 Å². The van der Waals surface area contributed by atoms with E-state index in [1.807, 2.05) is 104 Å². The van der Waals surface area contributed by atoms with Crippen LogP contribution in [0.5, 0.6) is 0 Å². The van der Waals surface area contributed by atoms with Crippen LogP contribution in [-0.2, 0) is 27.2 Å². The Morgan fingerprint density at radius 1 is 1.04 bits per heavy atom. The van der Waals surface area contributed by atoms with E-state index >= 15 is 0 Å². The number of carbonyl (C=O) groups is 2. The van der Waals surface area contributed by atoms with Gasteiger partial charge in [-0.3, -0.25) is 4.79 Å². The lowest BCUT2D eigenvalue weighted by Gasteiger charge is -2.36. The molecule has 2 heterocycles. The molecule has 4 atom stereocenters. The molecule has 0 saturated carbocycles. The third kappa shape index (κ3) is 10.1. The molecule has 49 heavy (non-hydrogen) atoms. The van der Waals surface area contributed by atoms with Crippen LogP contribution in [0.1, 0.15) is 36.0 Å². The minimum Gasteiger partial charge on any atom is -0.453 e. The average Bonchev–Trinajstić information content (AvgIpc) is 3.58. The van der Waals surface area contributed by atoms with Crippen molar-refractivity contribution in [1.29, 1.82) is 0 Å². The van der Waals surface area contributed by atoms with Gasteiger partial charge in [-0.25, -0.2) is 9.48 Å². The molecule has 2 amide bonds. The van der Waals surface area contributed by atoms with Gasteiger partial charge in [0.2, 0.25) is 11.1 Å². The van der Waals surface area contributed by atoms with E-state index in [1.54, 1.807) is 11.8 Å². The Balaban J connectivity index is 1.25. The number of ether oxygens (including phenoxy) is 2. The maximum Gasteiger partial charge on any atom is 0.407 e. The van der Waals surface area contributed by atoms with E-state index in [4.69, 9.17) is 9.47 Å². The van der Waals surface area contributed by atoms with Crippen LogP contribution < -0.4 is 16.0 Å². The van der Waals surface area contributed by atoms with Crippen molar-refractivity contribution in [1.82, 2.24) is 35.7 Å². The second-order valence-corrected chi connectivity index (χ2v) is 13.4. The molecular formula is C36H46N8O4S. The third-order valence-electron chi connectivity index (χ3n) is 8.63. The molecule has 5 rings (SSSR count). The molecule has 0 unspecified atom stereocenters. The molecule has 1 aliphatic rings. The Morgan fingerprint density at radius 3 is 2.39 bits per heavy atom. The Kier molecular flexibility index (Phi) is 13.2. The number of rotatable bonds is 15. The van der Waals surface area contributed by atoms with Gasteiger partial charge in [0.15, 0.2) is 0 Å². The first-order valence-electron chi connectivity index (χ1n) is 16.6. The smallest absolute Gasteiger partial charge is 0.407 e. The predicted molar refractivity (Wildman–Crippen MR) is 191 cm³/mol. The fraction of sp³-hybridized carbons (Fsp3) is 0.417. The monoisotopic (exact) mass is 686 g/mol. The summed E-state index contributed by atoms with van der Waals surface area (Å²) in [6, 6.07) is 26.4. The Bertz CT molecular complexity index is 1580. The number of hydrogen-bond donors (Lipinski definition) is 3. The number of methoxy groups -OCH3 is 1. The molecule has 3 N–H and O–H groups in total. The van der Waals surface area contributed by atoms with Crippen LogP contribution in [-0.4, -0.2) is 101 Å². The molecule has 12 nitrogen and oxygen atoms in total. The van der Waals surface area contributed by atoms with Crippen LogP contribution in [0, 0.1) is 0 Å². The summed E-state index contributed by atoms with van der Waals surface area (Å²) >= 11 is 1.61. The summed E-state index contributed by atoms with van der Waals surface area (Å²) < 4.78 is 13.4. The van der Waals surface area contributed by atoms with E-state index in [2.05, 4.69) is 43.3 Å². The number of anilines is 1. The third-order valence-corrected chi connectivity index (χ3v) is 9.68. The van der Waals surface area contributed by atoms with Gasteiger partial charge in [-0.2, -0.15) is 0 Å². The van der Waals surface area contributed by atoms with E-state index in [0.29, 0.717) is 12.1 Å². The summed E-state index contributed by atoms with van der Waals surface area (Å²) in [5.74, 6) is -0.0761. The summed E-state index contributed by atoms with van der Waals surface area (Å²) in [4.78, 5) is 28.8. The lowest BCUT2D eigenvalue weighted by atomic mass is 9.84. The van der Waals surface area contributed by atoms with Crippen molar-refractivity contribution in [3.05, 3.63) is 102 Å². The molecule has 1 aromatic heterocycles. The van der Waals surface area contributed by atoms with Gasteiger partial charge >= 0.3 is 6.09 Å². The fourth-order valence-electron chi connectivity index (χ4n) is 5.88. The summed E-state index contributed by atoms with van der Waals surface area (Å²) in [5.41, 5.74) is 3.47. The number of likely N-dealkylation sites (N-methyl/N-ethyl adjacent to an activating group) is 1. The fourth-order valence-corrected chi connectivity index (χ4v) is 6.93. The highest BCUT2D eigenvalue weighted by atomic mass is 32.2. The average molecular weight is 687 g/mol. The van der Waals surface area contributed by atoms with Crippen molar-refractivity contribution in [3.63, 3.8) is 0 Å². The van der Waals surface area contributed by atoms with Crippen LogP contribution in [0.2, 0.25) is 0 Å². The number of thioether (sulfide) groups is 1. The number of aromatic nitrogens is 4. The second-order valence-electron chi connectivity index (χ2n) is 12.4. The van der Waals surface area contributed by atoms with Crippen molar-refractivity contribution >= 4 is 29.4 Å². The number of hydrogen-bond acceptors (Lipinski definition) is 10. The van der Waals surface area contributed by atoms with Gasteiger partial charge in [-0.05, 0) is 67.0 Å². The van der Waals surface area contributed by atoms with Crippen LogP contribution in [0.15, 0.2) is 90.1 Å². The minimum absolute atomic E-state index is 0.00965. The zero-order chi connectivity index (χ0) is 34.6. The molecule has 3 aromatic carbocycles. The second kappa shape index (κ2) is 17.9. The van der Waals surface area contributed by atoms with E-state index in [9.17, 15) is 9.59 Å². The van der Waals surface area contributed by atoms with Crippen molar-refractivity contribution in [2.45, 2.75) is 61.7 Å². The Hall–Kier alpha value is -4.30. The highest BCUT2D eigenvalue weighted by Crippen LogP contribution is 2.30. The van der Waals surface area contributed by atoms with Gasteiger partial charge in [0.05, 0.1) is 25.9 Å². The Morgan fingerprint density at radius 2 is 1.71 bits per heavy atom. The van der Waals surface area contributed by atoms with Gasteiger partial charge in [0.1, 0.15) is 6.04 Å². The highest BCUT2D eigenvalue weighted by molar-refractivity contribution is 7.99. The molecule has 0 radical (unpaired) electrons. The lowest BCUT2D eigenvalue weighted by Crippen LogP contribution is -2.52. The maximum atomic E-state index is 14.1. The van der Waals surface area contributed by atoms with Crippen molar-refractivity contribution < 1.29 is 19.1 Å². The number of alkyl carbamates (subject to hydrolysis) is 1. The highest BCUT2D eigenvalue weighted by Gasteiger charge is 2.33. The van der Waals surface area contributed by atoms with Crippen LogP contribution >= 0.6 is 11.8 Å². The van der Waals surface area contributed by atoms with Crippen LogP contribution in [0.3, 0.4) is 0 Å². The molecule has 0 aliphatic carbocycles. The van der Waals surface area contributed by atoms with Gasteiger partial charge in [0.25, 0.3) is 0 Å². The molecule has 0 bridgehead atoms. The molecule has 1 fully saturated rings. The molecule has 4 aromatic rings.